The number of hydrogen-bond donors (Lipinski definition) is 1. The second-order valence-corrected chi connectivity index (χ2v) is 5.05. The summed E-state index contributed by atoms with van der Waals surface area (Å²) in [5.41, 5.74) is 0.661. The number of fused-ring (bicyclic) bond motifs is 1. The highest BCUT2D eigenvalue weighted by Gasteiger charge is 2.17. The maximum atomic E-state index is 14.0. The lowest BCUT2D eigenvalue weighted by atomic mass is 10.2. The van der Waals surface area contributed by atoms with E-state index in [1.807, 2.05) is 17.7 Å². The average molecular weight is 294 g/mol. The first-order valence-electron chi connectivity index (χ1n) is 6.12. The van der Waals surface area contributed by atoms with Gasteiger partial charge in [0.2, 0.25) is 0 Å². The Labute approximate surface area is 118 Å². The molecule has 0 fully saturated rings. The molecule has 4 nitrogen and oxygen atoms in total. The van der Waals surface area contributed by atoms with Gasteiger partial charge in [-0.05, 0) is 31.3 Å². The van der Waals surface area contributed by atoms with Crippen LogP contribution in [0, 0.1) is 16.4 Å². The number of halogens is 2. The topological polar surface area (TPSA) is 38.5 Å². The van der Waals surface area contributed by atoms with Crippen molar-refractivity contribution in [3.8, 4) is 0 Å². The Morgan fingerprint density at radius 3 is 2.90 bits per heavy atom. The lowest BCUT2D eigenvalue weighted by Gasteiger charge is -2.15. The molecule has 0 saturated heterocycles. The van der Waals surface area contributed by atoms with E-state index in [2.05, 4.69) is 9.97 Å². The van der Waals surface area contributed by atoms with Gasteiger partial charge >= 0.3 is 0 Å². The van der Waals surface area contributed by atoms with E-state index in [0.29, 0.717) is 16.8 Å². The van der Waals surface area contributed by atoms with E-state index in [0.717, 1.165) is 6.07 Å². The molecule has 1 N–H and O–H groups in total. The number of hydrogen-bond acceptors (Lipinski definition) is 2. The van der Waals surface area contributed by atoms with Gasteiger partial charge in [-0.25, -0.2) is 13.8 Å². The average Bonchev–Trinajstić information content (AvgIpc) is 3.01. The minimum Gasteiger partial charge on any atom is -0.335 e. The molecule has 0 bridgehead atoms. The molecule has 3 rings (SSSR count). The predicted molar refractivity (Wildman–Crippen MR) is 74.0 cm³/mol. The van der Waals surface area contributed by atoms with Crippen molar-refractivity contribution >= 4 is 23.3 Å². The minimum absolute atomic E-state index is 0.137. The fourth-order valence-corrected chi connectivity index (χ4v) is 2.74. The second-order valence-electron chi connectivity index (χ2n) is 4.67. The van der Waals surface area contributed by atoms with Crippen LogP contribution in [0.4, 0.5) is 8.78 Å². The summed E-state index contributed by atoms with van der Waals surface area (Å²) in [7, 11) is 0. The third kappa shape index (κ3) is 2.03. The van der Waals surface area contributed by atoms with Crippen molar-refractivity contribution in [1.29, 1.82) is 0 Å². The molecular weight excluding hydrogens is 282 g/mol. The van der Waals surface area contributed by atoms with Gasteiger partial charge in [0.1, 0.15) is 5.52 Å². The third-order valence-electron chi connectivity index (χ3n) is 3.25. The molecule has 0 aliphatic heterocycles. The van der Waals surface area contributed by atoms with Gasteiger partial charge in [0.25, 0.3) is 0 Å². The molecule has 2 aromatic heterocycles. The number of imidazole rings is 2. The zero-order chi connectivity index (χ0) is 14.3. The van der Waals surface area contributed by atoms with Crippen LogP contribution in [0.3, 0.4) is 0 Å². The van der Waals surface area contributed by atoms with E-state index >= 15 is 0 Å². The number of aromatic nitrogens is 4. The summed E-state index contributed by atoms with van der Waals surface area (Å²) in [5.74, 6) is -1.76. The Morgan fingerprint density at radius 2 is 2.20 bits per heavy atom. The molecule has 0 amide bonds. The number of nitrogens with one attached hydrogen (secondary N) is 1. The van der Waals surface area contributed by atoms with Crippen LogP contribution in [0.25, 0.3) is 11.0 Å². The van der Waals surface area contributed by atoms with Gasteiger partial charge in [-0.15, -0.1) is 0 Å². The number of nitrogens with zero attached hydrogens (tertiary/aromatic N) is 3. The Bertz CT molecular complexity index is 804. The Kier molecular flexibility index (Phi) is 3.13. The van der Waals surface area contributed by atoms with Crippen molar-refractivity contribution < 1.29 is 8.78 Å². The first-order valence-corrected chi connectivity index (χ1v) is 6.52. The van der Waals surface area contributed by atoms with Crippen LogP contribution in [0.2, 0.25) is 0 Å². The molecule has 0 aliphatic rings. The molecule has 0 saturated carbocycles. The van der Waals surface area contributed by atoms with Crippen molar-refractivity contribution in [2.24, 2.45) is 0 Å². The third-order valence-corrected chi connectivity index (χ3v) is 3.54. The van der Waals surface area contributed by atoms with Crippen LogP contribution in [-0.4, -0.2) is 19.1 Å². The van der Waals surface area contributed by atoms with E-state index in [-0.39, 0.29) is 11.6 Å². The van der Waals surface area contributed by atoms with Crippen molar-refractivity contribution in [1.82, 2.24) is 19.1 Å². The SMILES string of the molecule is CC(Cn1ccnc1)n1c(=S)[nH]c2ccc(F)c(F)c21. The van der Waals surface area contributed by atoms with Crippen LogP contribution in [0.5, 0.6) is 0 Å². The minimum atomic E-state index is -0.882. The molecular formula is C13H12F2N4S. The maximum Gasteiger partial charge on any atom is 0.184 e. The van der Waals surface area contributed by atoms with Crippen molar-refractivity contribution in [3.05, 3.63) is 47.3 Å². The number of rotatable bonds is 3. The quantitative estimate of drug-likeness (QED) is 0.752. The fraction of sp³-hybridized carbons (Fsp3) is 0.231. The molecule has 7 heteroatoms. The Morgan fingerprint density at radius 1 is 1.40 bits per heavy atom. The van der Waals surface area contributed by atoms with Crippen LogP contribution in [0.1, 0.15) is 13.0 Å². The molecule has 0 radical (unpaired) electrons. The molecule has 0 aliphatic carbocycles. The highest BCUT2D eigenvalue weighted by atomic mass is 32.1. The van der Waals surface area contributed by atoms with Crippen molar-refractivity contribution in [2.45, 2.75) is 19.5 Å². The monoisotopic (exact) mass is 294 g/mol. The van der Waals surface area contributed by atoms with Gasteiger partial charge < -0.3 is 14.1 Å². The summed E-state index contributed by atoms with van der Waals surface area (Å²) in [6, 6.07) is 2.44. The van der Waals surface area contributed by atoms with Crippen LogP contribution in [-0.2, 0) is 6.54 Å². The molecule has 20 heavy (non-hydrogen) atoms. The van der Waals surface area contributed by atoms with E-state index in [9.17, 15) is 8.78 Å². The van der Waals surface area contributed by atoms with Crippen LogP contribution in [0.15, 0.2) is 30.9 Å². The number of benzene rings is 1. The molecule has 1 aromatic carbocycles. The van der Waals surface area contributed by atoms with Gasteiger partial charge in [0.15, 0.2) is 16.4 Å². The van der Waals surface area contributed by atoms with Crippen molar-refractivity contribution in [2.75, 3.05) is 0 Å². The van der Waals surface area contributed by atoms with Crippen molar-refractivity contribution in [3.63, 3.8) is 0 Å². The second kappa shape index (κ2) is 4.82. The first kappa shape index (κ1) is 13.0. The standard InChI is InChI=1S/C13H12F2N4S/c1-8(6-18-5-4-16-7-18)19-12-10(17-13(19)20)3-2-9(14)11(12)15/h2-5,7-8H,6H2,1H3,(H,17,20). The molecule has 104 valence electrons. The molecule has 0 spiro atoms. The van der Waals surface area contributed by atoms with E-state index in [4.69, 9.17) is 12.2 Å². The van der Waals surface area contributed by atoms with Gasteiger partial charge in [-0.2, -0.15) is 0 Å². The highest BCUT2D eigenvalue weighted by Crippen LogP contribution is 2.24. The predicted octanol–water partition coefficient (Wildman–Crippen LogP) is 3.43. The van der Waals surface area contributed by atoms with Gasteiger partial charge in [-0.3, -0.25) is 0 Å². The maximum absolute atomic E-state index is 14.0. The molecule has 3 aromatic rings. The highest BCUT2D eigenvalue weighted by molar-refractivity contribution is 7.71. The van der Waals surface area contributed by atoms with Crippen LogP contribution >= 0.6 is 12.2 Å². The van der Waals surface area contributed by atoms with Gasteiger partial charge in [0, 0.05) is 18.9 Å². The fourth-order valence-electron chi connectivity index (χ4n) is 2.36. The molecule has 1 unspecified atom stereocenters. The molecule has 2 heterocycles. The summed E-state index contributed by atoms with van der Waals surface area (Å²) >= 11 is 5.22. The summed E-state index contributed by atoms with van der Waals surface area (Å²) in [5, 5.41) is 0. The Balaban J connectivity index is 2.13. The lowest BCUT2D eigenvalue weighted by molar-refractivity contribution is 0.458. The number of aromatic amines is 1. The lowest BCUT2D eigenvalue weighted by Crippen LogP contribution is -2.13. The van der Waals surface area contributed by atoms with E-state index in [1.165, 1.54) is 6.07 Å². The normalized spacial score (nSPS) is 12.9. The van der Waals surface area contributed by atoms with E-state index in [1.54, 1.807) is 17.1 Å². The van der Waals surface area contributed by atoms with Crippen LogP contribution < -0.4 is 0 Å². The van der Waals surface area contributed by atoms with E-state index < -0.39 is 11.6 Å². The molecule has 1 atom stereocenters. The van der Waals surface area contributed by atoms with Gasteiger partial charge in [0.05, 0.1) is 17.9 Å². The first-order chi connectivity index (χ1) is 9.58. The smallest absolute Gasteiger partial charge is 0.184 e. The summed E-state index contributed by atoms with van der Waals surface area (Å²) in [4.78, 5) is 6.86. The number of H-pyrrole nitrogens is 1. The zero-order valence-electron chi connectivity index (χ0n) is 10.7. The summed E-state index contributed by atoms with van der Waals surface area (Å²) in [6.07, 6.45) is 5.15. The summed E-state index contributed by atoms with van der Waals surface area (Å²) in [6.45, 7) is 2.46. The zero-order valence-corrected chi connectivity index (χ0v) is 11.5. The largest absolute Gasteiger partial charge is 0.335 e. The Hall–Kier alpha value is -2.02. The van der Waals surface area contributed by atoms with Gasteiger partial charge in [-0.1, -0.05) is 0 Å². The summed E-state index contributed by atoms with van der Waals surface area (Å²) < 4.78 is 31.3.